The Labute approximate surface area is 192 Å². The molecular formula is C23H20N6O5. The van der Waals surface area contributed by atoms with Gasteiger partial charge in [-0.3, -0.25) is 5.41 Å². The smallest absolute Gasteiger partial charge is 0.335 e. The summed E-state index contributed by atoms with van der Waals surface area (Å²) >= 11 is 0. The first-order valence-corrected chi connectivity index (χ1v) is 9.94. The van der Waals surface area contributed by atoms with Crippen molar-refractivity contribution in [1.82, 2.24) is 15.3 Å². The number of carbonyl (C=O) groups excluding carboxylic acids is 1. The molecule has 0 spiro atoms. The number of rotatable bonds is 6. The number of aromatic amines is 1. The van der Waals surface area contributed by atoms with E-state index in [1.807, 2.05) is 0 Å². The molecule has 2 amide bonds. The number of hydrogen-bond acceptors (Lipinski definition) is 6. The third kappa shape index (κ3) is 4.17. The number of phenols is 2. The van der Waals surface area contributed by atoms with Crippen LogP contribution in [0.1, 0.15) is 21.5 Å². The van der Waals surface area contributed by atoms with Crippen LogP contribution in [0.25, 0.3) is 33.5 Å². The van der Waals surface area contributed by atoms with E-state index in [2.05, 4.69) is 15.3 Å². The van der Waals surface area contributed by atoms with Crippen LogP contribution in [0.15, 0.2) is 48.5 Å². The number of carboxylic acid groups (broad SMARTS) is 1. The molecule has 34 heavy (non-hydrogen) atoms. The molecule has 1 aromatic heterocycles. The number of fused-ring (bicyclic) bond motifs is 1. The number of aromatic carboxylic acids is 1. The van der Waals surface area contributed by atoms with Gasteiger partial charge in [0, 0.05) is 23.2 Å². The second-order valence-corrected chi connectivity index (χ2v) is 7.53. The van der Waals surface area contributed by atoms with Gasteiger partial charge in [0.2, 0.25) is 0 Å². The highest BCUT2D eigenvalue weighted by Crippen LogP contribution is 2.42. The minimum Gasteiger partial charge on any atom is -0.507 e. The Kier molecular flexibility index (Phi) is 5.51. The van der Waals surface area contributed by atoms with Gasteiger partial charge in [-0.2, -0.15) is 0 Å². The summed E-state index contributed by atoms with van der Waals surface area (Å²) < 4.78 is 0. The van der Waals surface area contributed by atoms with E-state index in [0.717, 1.165) is 0 Å². The molecule has 10 N–H and O–H groups in total. The van der Waals surface area contributed by atoms with Crippen LogP contribution in [0.3, 0.4) is 0 Å². The average molecular weight is 460 g/mol. The molecule has 11 nitrogen and oxygen atoms in total. The molecule has 0 radical (unpaired) electrons. The van der Waals surface area contributed by atoms with E-state index in [1.54, 1.807) is 24.3 Å². The Morgan fingerprint density at radius 2 is 1.71 bits per heavy atom. The zero-order valence-corrected chi connectivity index (χ0v) is 17.6. The number of H-pyrrole nitrogens is 1. The van der Waals surface area contributed by atoms with E-state index in [4.69, 9.17) is 16.9 Å². The fourth-order valence-electron chi connectivity index (χ4n) is 3.54. The van der Waals surface area contributed by atoms with Crippen LogP contribution >= 0.6 is 0 Å². The number of phenolic OH excluding ortho intramolecular Hbond substituents is 2. The predicted molar refractivity (Wildman–Crippen MR) is 125 cm³/mol. The van der Waals surface area contributed by atoms with Gasteiger partial charge in [-0.25, -0.2) is 14.6 Å². The molecule has 3 aromatic carbocycles. The quantitative estimate of drug-likeness (QED) is 0.159. The molecule has 4 aromatic rings. The van der Waals surface area contributed by atoms with Crippen molar-refractivity contribution < 1.29 is 24.9 Å². The number of amidine groups is 1. The van der Waals surface area contributed by atoms with E-state index < -0.39 is 12.0 Å². The number of primary amides is 1. The van der Waals surface area contributed by atoms with Crippen LogP contribution in [-0.2, 0) is 6.54 Å². The fraction of sp³-hybridized carbons (Fsp3) is 0.0435. The lowest BCUT2D eigenvalue weighted by Gasteiger charge is -2.13. The number of aromatic hydroxyl groups is 2. The summed E-state index contributed by atoms with van der Waals surface area (Å²) in [5, 5.41) is 41.2. The minimum atomic E-state index is -1.25. The molecule has 4 rings (SSSR count). The number of imidazole rings is 1. The number of benzene rings is 3. The van der Waals surface area contributed by atoms with Crippen molar-refractivity contribution in [2.75, 3.05) is 0 Å². The molecule has 11 heteroatoms. The molecule has 0 unspecified atom stereocenters. The van der Waals surface area contributed by atoms with Crippen LogP contribution in [0.5, 0.6) is 11.5 Å². The van der Waals surface area contributed by atoms with Crippen LogP contribution in [0.2, 0.25) is 0 Å². The normalized spacial score (nSPS) is 10.8. The summed E-state index contributed by atoms with van der Waals surface area (Å²) in [4.78, 5) is 30.3. The van der Waals surface area contributed by atoms with Crippen molar-refractivity contribution in [3.63, 3.8) is 0 Å². The van der Waals surface area contributed by atoms with Crippen molar-refractivity contribution in [1.29, 1.82) is 5.41 Å². The van der Waals surface area contributed by atoms with E-state index in [9.17, 15) is 24.9 Å². The topological polar surface area (TPSA) is 211 Å². The number of hydrogen-bond donors (Lipinski definition) is 8. The maximum absolute atomic E-state index is 11.8. The first kappa shape index (κ1) is 22.1. The summed E-state index contributed by atoms with van der Waals surface area (Å²) in [7, 11) is 0. The Hall–Kier alpha value is -5.06. The van der Waals surface area contributed by atoms with Crippen molar-refractivity contribution >= 4 is 28.9 Å². The molecule has 0 aliphatic heterocycles. The van der Waals surface area contributed by atoms with E-state index in [-0.39, 0.29) is 52.0 Å². The summed E-state index contributed by atoms with van der Waals surface area (Å²) in [6.45, 7) is 0.0664. The van der Waals surface area contributed by atoms with Gasteiger partial charge in [-0.1, -0.05) is 6.07 Å². The molecular weight excluding hydrogens is 440 g/mol. The Morgan fingerprint density at radius 3 is 2.38 bits per heavy atom. The number of nitrogens with zero attached hydrogens (tertiary/aromatic N) is 1. The van der Waals surface area contributed by atoms with Gasteiger partial charge in [-0.15, -0.1) is 0 Å². The molecule has 0 bridgehead atoms. The Bertz CT molecular complexity index is 1480. The lowest BCUT2D eigenvalue weighted by atomic mass is 9.95. The number of nitrogens with two attached hydrogens (primary N) is 2. The molecule has 0 aliphatic carbocycles. The second kappa shape index (κ2) is 8.47. The fourth-order valence-corrected chi connectivity index (χ4v) is 3.54. The largest absolute Gasteiger partial charge is 0.507 e. The highest BCUT2D eigenvalue weighted by Gasteiger charge is 2.21. The lowest BCUT2D eigenvalue weighted by molar-refractivity contribution is 0.0697. The van der Waals surface area contributed by atoms with Crippen LogP contribution < -0.4 is 16.8 Å². The van der Waals surface area contributed by atoms with E-state index in [0.29, 0.717) is 22.2 Å². The van der Waals surface area contributed by atoms with Gasteiger partial charge in [0.25, 0.3) is 0 Å². The Balaban J connectivity index is 1.89. The standard InChI is InChI=1S/C23H20N6O5/c24-20(25)11-2-3-16-17(8-11)29-21(28-16)15-7-12(22(32)33)6-14(19(15)31)13-5-10(1-4-18(13)30)9-27-23(26)34/h1-8,30-31H,9H2,(H3,24,25)(H,28,29)(H,32,33)(H3,26,27,34). The average Bonchev–Trinajstić information content (AvgIpc) is 3.21. The molecule has 0 saturated heterocycles. The number of nitrogen functional groups attached to an aromatic ring is 1. The van der Waals surface area contributed by atoms with Gasteiger partial charge < -0.3 is 37.1 Å². The van der Waals surface area contributed by atoms with Gasteiger partial charge in [0.1, 0.15) is 23.2 Å². The molecule has 0 atom stereocenters. The SMILES string of the molecule is N=C(N)c1ccc2[nH]c(-c3cc(C(=O)O)cc(-c4cc(CNC(N)=O)ccc4O)c3O)nc2c1. The van der Waals surface area contributed by atoms with E-state index in [1.165, 1.54) is 24.3 Å². The summed E-state index contributed by atoms with van der Waals surface area (Å²) in [6, 6.07) is 11.1. The van der Waals surface area contributed by atoms with Crippen LogP contribution in [0.4, 0.5) is 4.79 Å². The lowest BCUT2D eigenvalue weighted by Crippen LogP contribution is -2.28. The highest BCUT2D eigenvalue weighted by molar-refractivity contribution is 5.99. The summed E-state index contributed by atoms with van der Waals surface area (Å²) in [6.07, 6.45) is 0. The molecule has 0 fully saturated rings. The first-order valence-electron chi connectivity index (χ1n) is 9.94. The zero-order valence-electron chi connectivity index (χ0n) is 17.6. The molecule has 1 heterocycles. The van der Waals surface area contributed by atoms with Crippen molar-refractivity contribution in [2.24, 2.45) is 11.5 Å². The van der Waals surface area contributed by atoms with E-state index >= 15 is 0 Å². The Morgan fingerprint density at radius 1 is 0.971 bits per heavy atom. The zero-order chi connectivity index (χ0) is 24.6. The highest BCUT2D eigenvalue weighted by atomic mass is 16.4. The number of carboxylic acids is 1. The maximum Gasteiger partial charge on any atom is 0.335 e. The summed E-state index contributed by atoms with van der Waals surface area (Å²) in [5.74, 6) is -1.72. The summed E-state index contributed by atoms with van der Waals surface area (Å²) in [5.41, 5.74) is 12.9. The number of aromatic nitrogens is 2. The second-order valence-electron chi connectivity index (χ2n) is 7.53. The van der Waals surface area contributed by atoms with Crippen molar-refractivity contribution in [3.05, 3.63) is 65.2 Å². The molecule has 0 aliphatic rings. The van der Waals surface area contributed by atoms with Gasteiger partial charge in [0.05, 0.1) is 22.2 Å². The maximum atomic E-state index is 11.8. The van der Waals surface area contributed by atoms with Crippen LogP contribution in [-0.4, -0.2) is 43.1 Å². The monoisotopic (exact) mass is 460 g/mol. The third-order valence-electron chi connectivity index (χ3n) is 5.22. The van der Waals surface area contributed by atoms with Gasteiger partial charge >= 0.3 is 12.0 Å². The number of nitrogens with one attached hydrogen (secondary N) is 3. The minimum absolute atomic E-state index is 0.0539. The van der Waals surface area contributed by atoms with Crippen molar-refractivity contribution in [2.45, 2.75) is 6.54 Å². The van der Waals surface area contributed by atoms with Gasteiger partial charge in [-0.05, 0) is 48.0 Å². The number of urea groups is 1. The number of carbonyl (C=O) groups is 2. The van der Waals surface area contributed by atoms with Crippen LogP contribution in [0, 0.1) is 5.41 Å². The molecule has 172 valence electrons. The predicted octanol–water partition coefficient (Wildman–Crippen LogP) is 2.46. The first-order chi connectivity index (χ1) is 16.1. The van der Waals surface area contributed by atoms with Gasteiger partial charge in [0.15, 0.2) is 0 Å². The van der Waals surface area contributed by atoms with Crippen molar-refractivity contribution in [3.8, 4) is 34.0 Å². The molecule has 0 saturated carbocycles. The third-order valence-corrected chi connectivity index (χ3v) is 5.22. The number of amides is 2.